The quantitative estimate of drug-likeness (QED) is 0.766. The average Bonchev–Trinajstić information content (AvgIpc) is 2.98. The van der Waals surface area contributed by atoms with E-state index in [1.807, 2.05) is 19.1 Å². The van der Waals surface area contributed by atoms with Crippen LogP contribution >= 0.6 is 11.3 Å². The van der Waals surface area contributed by atoms with Gasteiger partial charge in [0.25, 0.3) is 0 Å². The molecule has 0 aliphatic carbocycles. The van der Waals surface area contributed by atoms with Crippen molar-refractivity contribution in [2.45, 2.75) is 27.2 Å². The number of hydrogen-bond donors (Lipinski definition) is 1. The number of nitrogens with zero attached hydrogens (tertiary/aromatic N) is 4. The van der Waals surface area contributed by atoms with Gasteiger partial charge in [0.1, 0.15) is 5.69 Å². The van der Waals surface area contributed by atoms with Gasteiger partial charge >= 0.3 is 6.15 Å². The summed E-state index contributed by atoms with van der Waals surface area (Å²) in [6.45, 7) is 6.12. The molecule has 0 aliphatic rings. The van der Waals surface area contributed by atoms with E-state index in [9.17, 15) is 0 Å². The van der Waals surface area contributed by atoms with Crippen molar-refractivity contribution < 1.29 is 9.59 Å². The third-order valence-electron chi connectivity index (χ3n) is 3.27. The van der Waals surface area contributed by atoms with Gasteiger partial charge in [-0.2, -0.15) is 9.59 Å². The number of thiazole rings is 1. The van der Waals surface area contributed by atoms with Crippen LogP contribution in [0.5, 0.6) is 0 Å². The van der Waals surface area contributed by atoms with E-state index in [0.29, 0.717) is 5.95 Å². The molecule has 0 aromatic carbocycles. The standard InChI is InChI=1S/C16H17N5S.CO2/c1-4-12-14(13-10(2)6-5-8-17-13)20-16(22-12)21-15-18-9-7-11(3)19-15;2-1-3/h5-9H,4H2,1-3H3,(H,18,19,20,21);. The predicted molar refractivity (Wildman–Crippen MR) is 94.5 cm³/mol. The Balaban J connectivity index is 0.000000701. The highest BCUT2D eigenvalue weighted by molar-refractivity contribution is 7.16. The molecule has 7 nitrogen and oxygen atoms in total. The maximum absolute atomic E-state index is 8.12. The van der Waals surface area contributed by atoms with Gasteiger partial charge in [-0.25, -0.2) is 15.0 Å². The van der Waals surface area contributed by atoms with E-state index in [1.54, 1.807) is 23.7 Å². The van der Waals surface area contributed by atoms with Crippen LogP contribution in [-0.2, 0) is 16.0 Å². The van der Waals surface area contributed by atoms with Crippen LogP contribution in [0.25, 0.3) is 11.4 Å². The van der Waals surface area contributed by atoms with Crippen molar-refractivity contribution in [3.05, 3.63) is 46.7 Å². The summed E-state index contributed by atoms with van der Waals surface area (Å²) in [6, 6.07) is 5.86. The Morgan fingerprint density at radius 1 is 1.08 bits per heavy atom. The fraction of sp³-hybridized carbons (Fsp3) is 0.235. The lowest BCUT2D eigenvalue weighted by molar-refractivity contribution is -0.191. The zero-order valence-electron chi connectivity index (χ0n) is 14.1. The summed E-state index contributed by atoms with van der Waals surface area (Å²) in [5.41, 5.74) is 3.93. The van der Waals surface area contributed by atoms with Crippen molar-refractivity contribution in [1.82, 2.24) is 19.9 Å². The van der Waals surface area contributed by atoms with Gasteiger partial charge in [0.2, 0.25) is 5.95 Å². The lowest BCUT2D eigenvalue weighted by Gasteiger charge is -2.02. The number of anilines is 2. The number of hydrogen-bond acceptors (Lipinski definition) is 8. The number of carbonyl (C=O) groups excluding carboxylic acids is 2. The third-order valence-corrected chi connectivity index (χ3v) is 4.38. The Bertz CT molecular complexity index is 888. The third kappa shape index (κ3) is 4.76. The number of nitrogens with one attached hydrogen (secondary N) is 1. The van der Waals surface area contributed by atoms with Crippen LogP contribution < -0.4 is 5.32 Å². The minimum atomic E-state index is 0.250. The zero-order valence-corrected chi connectivity index (χ0v) is 14.9. The van der Waals surface area contributed by atoms with Gasteiger partial charge in [0.05, 0.1) is 5.69 Å². The van der Waals surface area contributed by atoms with Crippen LogP contribution in [0.15, 0.2) is 30.6 Å². The molecule has 3 heterocycles. The Labute approximate surface area is 149 Å². The van der Waals surface area contributed by atoms with E-state index < -0.39 is 0 Å². The molecule has 0 amide bonds. The van der Waals surface area contributed by atoms with Gasteiger partial charge in [-0.05, 0) is 38.0 Å². The highest BCUT2D eigenvalue weighted by Crippen LogP contribution is 2.32. The summed E-state index contributed by atoms with van der Waals surface area (Å²) in [4.78, 5) is 35.2. The molecule has 0 aliphatic heterocycles. The summed E-state index contributed by atoms with van der Waals surface area (Å²) >= 11 is 1.62. The maximum Gasteiger partial charge on any atom is 0.373 e. The molecule has 3 aromatic rings. The monoisotopic (exact) mass is 355 g/mol. The second-order valence-corrected chi connectivity index (χ2v) is 6.13. The van der Waals surface area contributed by atoms with E-state index in [-0.39, 0.29) is 6.15 Å². The maximum atomic E-state index is 8.12. The van der Waals surface area contributed by atoms with Crippen LogP contribution in [0.4, 0.5) is 11.1 Å². The molecule has 0 saturated heterocycles. The van der Waals surface area contributed by atoms with Crippen molar-refractivity contribution in [3.8, 4) is 11.4 Å². The van der Waals surface area contributed by atoms with Gasteiger partial charge in [0, 0.05) is 23.0 Å². The van der Waals surface area contributed by atoms with Crippen molar-refractivity contribution in [1.29, 1.82) is 0 Å². The average molecular weight is 355 g/mol. The summed E-state index contributed by atoms with van der Waals surface area (Å²) in [5.74, 6) is 0.570. The summed E-state index contributed by atoms with van der Waals surface area (Å²) in [6.07, 6.45) is 4.71. The van der Waals surface area contributed by atoms with Crippen molar-refractivity contribution >= 4 is 28.6 Å². The molecule has 0 saturated carbocycles. The van der Waals surface area contributed by atoms with E-state index in [1.165, 1.54) is 4.88 Å². The van der Waals surface area contributed by atoms with Crippen LogP contribution in [0.1, 0.15) is 23.1 Å². The fourth-order valence-electron chi connectivity index (χ4n) is 2.17. The molecule has 0 spiro atoms. The number of rotatable bonds is 4. The summed E-state index contributed by atoms with van der Waals surface area (Å²) in [7, 11) is 0. The Morgan fingerprint density at radius 3 is 2.48 bits per heavy atom. The number of aryl methyl sites for hydroxylation is 3. The first-order valence-corrected chi connectivity index (χ1v) is 8.38. The first-order chi connectivity index (χ1) is 12.1. The largest absolute Gasteiger partial charge is 0.373 e. The molecule has 0 fully saturated rings. The van der Waals surface area contributed by atoms with Gasteiger partial charge in [-0.3, -0.25) is 4.98 Å². The van der Waals surface area contributed by atoms with Crippen LogP contribution in [-0.4, -0.2) is 26.1 Å². The molecule has 0 radical (unpaired) electrons. The predicted octanol–water partition coefficient (Wildman–Crippen LogP) is 3.33. The molecule has 0 unspecified atom stereocenters. The van der Waals surface area contributed by atoms with E-state index in [0.717, 1.165) is 34.2 Å². The Morgan fingerprint density at radius 2 is 1.84 bits per heavy atom. The lowest BCUT2D eigenvalue weighted by atomic mass is 10.1. The first kappa shape index (κ1) is 18.4. The van der Waals surface area contributed by atoms with Gasteiger partial charge in [-0.1, -0.05) is 13.0 Å². The van der Waals surface area contributed by atoms with Gasteiger partial charge < -0.3 is 5.32 Å². The molecule has 128 valence electrons. The molecule has 3 rings (SSSR count). The molecular weight excluding hydrogens is 338 g/mol. The highest BCUT2D eigenvalue weighted by Gasteiger charge is 2.15. The molecule has 1 N–H and O–H groups in total. The number of aromatic nitrogens is 4. The van der Waals surface area contributed by atoms with Crippen molar-refractivity contribution in [2.75, 3.05) is 5.32 Å². The van der Waals surface area contributed by atoms with Crippen LogP contribution in [0, 0.1) is 13.8 Å². The SMILES string of the molecule is CCc1sc(Nc2nccc(C)n2)nc1-c1ncccc1C.O=C=O. The van der Waals surface area contributed by atoms with E-state index in [2.05, 4.69) is 40.2 Å². The van der Waals surface area contributed by atoms with Gasteiger partial charge in [0.15, 0.2) is 5.13 Å². The first-order valence-electron chi connectivity index (χ1n) is 7.56. The smallest absolute Gasteiger partial charge is 0.300 e. The van der Waals surface area contributed by atoms with E-state index >= 15 is 0 Å². The molecular formula is C17H17N5O2S. The normalized spacial score (nSPS) is 9.72. The summed E-state index contributed by atoms with van der Waals surface area (Å²) < 4.78 is 0. The van der Waals surface area contributed by atoms with Crippen molar-refractivity contribution in [3.63, 3.8) is 0 Å². The second-order valence-electron chi connectivity index (χ2n) is 5.04. The van der Waals surface area contributed by atoms with Crippen LogP contribution in [0.3, 0.4) is 0 Å². The Kier molecular flexibility index (Phi) is 6.45. The van der Waals surface area contributed by atoms with E-state index in [4.69, 9.17) is 14.6 Å². The topological polar surface area (TPSA) is 97.7 Å². The minimum Gasteiger partial charge on any atom is -0.300 e. The molecule has 0 bridgehead atoms. The van der Waals surface area contributed by atoms with Crippen LogP contribution in [0.2, 0.25) is 0 Å². The minimum absolute atomic E-state index is 0.250. The molecule has 0 atom stereocenters. The lowest BCUT2D eigenvalue weighted by Crippen LogP contribution is -1.97. The molecule has 8 heteroatoms. The van der Waals surface area contributed by atoms with Crippen molar-refractivity contribution in [2.24, 2.45) is 0 Å². The highest BCUT2D eigenvalue weighted by atomic mass is 32.1. The summed E-state index contributed by atoms with van der Waals surface area (Å²) in [5, 5.41) is 3.98. The molecule has 3 aromatic heterocycles. The fourth-order valence-corrected chi connectivity index (χ4v) is 3.06. The number of pyridine rings is 1. The Hall–Kier alpha value is -2.96. The second kappa shape index (κ2) is 8.77. The zero-order chi connectivity index (χ0) is 18.2. The molecule has 25 heavy (non-hydrogen) atoms. The van der Waals surface area contributed by atoms with Gasteiger partial charge in [-0.15, -0.1) is 11.3 Å².